The molecule has 1 saturated heterocycles. The maximum absolute atomic E-state index is 13.2. The number of esters is 1. The molecule has 1 aromatic carbocycles. The lowest BCUT2D eigenvalue weighted by Crippen LogP contribution is -2.40. The molecule has 3 fully saturated rings. The minimum atomic E-state index is -0.442. The number of imide groups is 1. The van der Waals surface area contributed by atoms with Crippen molar-refractivity contribution in [2.24, 2.45) is 35.5 Å². The third kappa shape index (κ3) is 2.15. The van der Waals surface area contributed by atoms with Crippen LogP contribution in [0.25, 0.3) is 0 Å². The highest BCUT2D eigenvalue weighted by molar-refractivity contribution is 7.12. The second-order valence-electron chi connectivity index (χ2n) is 8.03. The van der Waals surface area contributed by atoms with Crippen LogP contribution in [0.5, 0.6) is 5.75 Å². The maximum Gasteiger partial charge on any atom is 0.353 e. The summed E-state index contributed by atoms with van der Waals surface area (Å²) in [7, 11) is 0. The number of amides is 2. The summed E-state index contributed by atoms with van der Waals surface area (Å²) in [6.45, 7) is 0. The van der Waals surface area contributed by atoms with Gasteiger partial charge in [0.1, 0.15) is 10.6 Å². The molecule has 2 heterocycles. The zero-order valence-electron chi connectivity index (χ0n) is 14.9. The van der Waals surface area contributed by atoms with Crippen LogP contribution in [-0.4, -0.2) is 17.8 Å². The number of thiophene rings is 1. The number of ether oxygens (including phenoxy) is 1. The lowest BCUT2D eigenvalue weighted by Gasteiger charge is -2.37. The van der Waals surface area contributed by atoms with E-state index in [9.17, 15) is 14.4 Å². The average molecular weight is 391 g/mol. The topological polar surface area (TPSA) is 63.7 Å². The number of anilines is 1. The molecule has 1 aromatic heterocycles. The standard InChI is InChI=1S/C22H17NO4S/c24-20-18-13-6-7-14(16-10-15(13)16)19(18)21(25)23(20)11-3-1-4-12(9-11)27-22(26)17-5-2-8-28-17/h1-9,13-16,18-19H,10H2/t13-,14-,15-,16+,18-,19+/m0/s1. The van der Waals surface area contributed by atoms with Crippen LogP contribution in [0.2, 0.25) is 0 Å². The van der Waals surface area contributed by atoms with Crippen molar-refractivity contribution in [2.45, 2.75) is 6.42 Å². The van der Waals surface area contributed by atoms with Gasteiger partial charge < -0.3 is 4.74 Å². The molecule has 0 N–H and O–H groups in total. The molecule has 0 spiro atoms. The zero-order chi connectivity index (χ0) is 19.0. The highest BCUT2D eigenvalue weighted by Crippen LogP contribution is 2.65. The summed E-state index contributed by atoms with van der Waals surface area (Å²) in [6.07, 6.45) is 5.46. The third-order valence-electron chi connectivity index (χ3n) is 6.67. The number of rotatable bonds is 3. The molecule has 28 heavy (non-hydrogen) atoms. The summed E-state index contributed by atoms with van der Waals surface area (Å²) < 4.78 is 5.44. The van der Waals surface area contributed by atoms with Gasteiger partial charge in [0, 0.05) is 6.07 Å². The molecular formula is C22H17NO4S. The number of carbonyl (C=O) groups excluding carboxylic acids is 3. The van der Waals surface area contributed by atoms with Crippen molar-refractivity contribution >= 4 is 34.8 Å². The van der Waals surface area contributed by atoms with Crippen LogP contribution in [0, 0.1) is 35.5 Å². The predicted molar refractivity (Wildman–Crippen MR) is 103 cm³/mol. The van der Waals surface area contributed by atoms with Crippen molar-refractivity contribution in [2.75, 3.05) is 4.90 Å². The van der Waals surface area contributed by atoms with Gasteiger partial charge in [-0.05, 0) is 53.7 Å². The number of benzene rings is 1. The van der Waals surface area contributed by atoms with Gasteiger partial charge in [-0.3, -0.25) is 9.59 Å². The Balaban J connectivity index is 1.30. The molecule has 5 aliphatic rings. The quantitative estimate of drug-likeness (QED) is 0.348. The fraction of sp³-hybridized carbons (Fsp3) is 0.318. The first kappa shape index (κ1) is 16.2. The first-order valence-electron chi connectivity index (χ1n) is 9.55. The summed E-state index contributed by atoms with van der Waals surface area (Å²) in [6, 6.07) is 10.2. The van der Waals surface area contributed by atoms with E-state index in [1.807, 2.05) is 5.38 Å². The molecule has 0 unspecified atom stereocenters. The molecule has 140 valence electrons. The molecular weight excluding hydrogens is 374 g/mol. The summed E-state index contributed by atoms with van der Waals surface area (Å²) >= 11 is 1.31. The number of hydrogen-bond donors (Lipinski definition) is 0. The lowest BCUT2D eigenvalue weighted by molar-refractivity contribution is -0.124. The molecule has 2 aromatic rings. The highest BCUT2D eigenvalue weighted by atomic mass is 32.1. The first-order chi connectivity index (χ1) is 13.6. The molecule has 5 nitrogen and oxygen atoms in total. The van der Waals surface area contributed by atoms with Gasteiger partial charge in [0.2, 0.25) is 11.8 Å². The molecule has 4 aliphatic carbocycles. The van der Waals surface area contributed by atoms with Crippen molar-refractivity contribution in [1.29, 1.82) is 0 Å². The Bertz CT molecular complexity index is 1010. The molecule has 2 amide bonds. The van der Waals surface area contributed by atoms with Gasteiger partial charge in [-0.25, -0.2) is 9.69 Å². The fourth-order valence-corrected chi connectivity index (χ4v) is 6.05. The number of allylic oxidation sites excluding steroid dienone is 2. The van der Waals surface area contributed by atoms with E-state index in [1.54, 1.807) is 36.4 Å². The van der Waals surface area contributed by atoms with E-state index in [1.165, 1.54) is 16.2 Å². The Morgan fingerprint density at radius 3 is 2.36 bits per heavy atom. The number of nitrogens with zero attached hydrogens (tertiary/aromatic N) is 1. The van der Waals surface area contributed by atoms with Crippen LogP contribution in [0.3, 0.4) is 0 Å². The molecule has 0 radical (unpaired) electrons. The molecule has 6 heteroatoms. The zero-order valence-corrected chi connectivity index (χ0v) is 15.7. The summed E-state index contributed by atoms with van der Waals surface area (Å²) in [5.41, 5.74) is 0.481. The predicted octanol–water partition coefficient (Wildman–Crippen LogP) is 3.52. The highest BCUT2D eigenvalue weighted by Gasteiger charge is 2.67. The van der Waals surface area contributed by atoms with Crippen molar-refractivity contribution in [1.82, 2.24) is 0 Å². The third-order valence-corrected chi connectivity index (χ3v) is 7.52. The second-order valence-corrected chi connectivity index (χ2v) is 8.98. The maximum atomic E-state index is 13.2. The Hall–Kier alpha value is -2.73. The Morgan fingerprint density at radius 1 is 1.00 bits per heavy atom. The number of carbonyl (C=O) groups is 3. The van der Waals surface area contributed by atoms with Gasteiger partial charge in [0.25, 0.3) is 0 Å². The normalized spacial score (nSPS) is 34.4. The van der Waals surface area contributed by atoms with Gasteiger partial charge in [0.15, 0.2) is 0 Å². The van der Waals surface area contributed by atoms with E-state index in [4.69, 9.17) is 4.74 Å². The summed E-state index contributed by atoms with van der Waals surface area (Å²) in [5.74, 6) is 0.743. The first-order valence-corrected chi connectivity index (χ1v) is 10.4. The van der Waals surface area contributed by atoms with Gasteiger partial charge in [0.05, 0.1) is 17.5 Å². The Labute approximate surface area is 165 Å². The molecule has 1 aliphatic heterocycles. The van der Waals surface area contributed by atoms with Crippen molar-refractivity contribution < 1.29 is 19.1 Å². The Morgan fingerprint density at radius 2 is 1.71 bits per heavy atom. The van der Waals surface area contributed by atoms with Crippen LogP contribution in [0.1, 0.15) is 16.1 Å². The van der Waals surface area contributed by atoms with Gasteiger partial charge >= 0.3 is 5.97 Å². The van der Waals surface area contributed by atoms with Crippen LogP contribution in [-0.2, 0) is 9.59 Å². The van der Waals surface area contributed by atoms with Gasteiger partial charge in [-0.1, -0.05) is 24.3 Å². The van der Waals surface area contributed by atoms with E-state index >= 15 is 0 Å². The van der Waals surface area contributed by atoms with Crippen LogP contribution < -0.4 is 9.64 Å². The van der Waals surface area contributed by atoms with Crippen LogP contribution >= 0.6 is 11.3 Å². The minimum Gasteiger partial charge on any atom is -0.422 e. The average Bonchev–Trinajstić information content (AvgIpc) is 3.26. The van der Waals surface area contributed by atoms with Crippen LogP contribution in [0.15, 0.2) is 53.9 Å². The van der Waals surface area contributed by atoms with E-state index < -0.39 is 5.97 Å². The van der Waals surface area contributed by atoms with Crippen molar-refractivity contribution in [3.8, 4) is 5.75 Å². The van der Waals surface area contributed by atoms with Crippen molar-refractivity contribution in [3.05, 3.63) is 58.8 Å². The van der Waals surface area contributed by atoms with Crippen molar-refractivity contribution in [3.63, 3.8) is 0 Å². The van der Waals surface area contributed by atoms with E-state index in [0.29, 0.717) is 28.1 Å². The largest absolute Gasteiger partial charge is 0.422 e. The van der Waals surface area contributed by atoms with E-state index in [2.05, 4.69) is 12.2 Å². The second kappa shape index (κ2) is 5.64. The molecule has 2 bridgehead atoms. The van der Waals surface area contributed by atoms with E-state index in [-0.39, 0.29) is 35.5 Å². The van der Waals surface area contributed by atoms with Crippen LogP contribution in [0.4, 0.5) is 5.69 Å². The summed E-state index contributed by atoms with van der Waals surface area (Å²) in [5, 5.41) is 1.81. The molecule has 7 rings (SSSR count). The SMILES string of the molecule is O=C(Oc1cccc(N2C(=O)[C@@H]3[C@H]4C=C[C@@H]([C@@H]5C[C@H]45)[C@@H]3C2=O)c1)c1cccs1. The smallest absolute Gasteiger partial charge is 0.353 e. The Kier molecular flexibility index (Phi) is 3.27. The van der Waals surface area contributed by atoms with E-state index in [0.717, 1.165) is 6.42 Å². The van der Waals surface area contributed by atoms with Gasteiger partial charge in [-0.15, -0.1) is 11.3 Å². The molecule has 6 atom stereocenters. The summed E-state index contributed by atoms with van der Waals surface area (Å²) in [4.78, 5) is 40.4. The molecule has 2 saturated carbocycles. The monoisotopic (exact) mass is 391 g/mol. The number of hydrogen-bond acceptors (Lipinski definition) is 5. The fourth-order valence-electron chi connectivity index (χ4n) is 5.45. The lowest BCUT2D eigenvalue weighted by atomic mass is 9.63. The van der Waals surface area contributed by atoms with Gasteiger partial charge in [-0.2, -0.15) is 0 Å². The minimum absolute atomic E-state index is 0.110.